The molecule has 3 aromatic rings. The van der Waals surface area contributed by atoms with Gasteiger partial charge in [-0.15, -0.1) is 0 Å². The quantitative estimate of drug-likeness (QED) is 0.544. The van der Waals surface area contributed by atoms with Crippen LogP contribution in [-0.4, -0.2) is 8.42 Å². The van der Waals surface area contributed by atoms with E-state index in [0.717, 1.165) is 5.56 Å². The van der Waals surface area contributed by atoms with Crippen LogP contribution in [0, 0.1) is 12.7 Å². The van der Waals surface area contributed by atoms with Gasteiger partial charge in [0.15, 0.2) is 0 Å². The molecule has 0 amide bonds. The molecule has 0 radical (unpaired) electrons. The molecule has 0 fully saturated rings. The lowest BCUT2D eigenvalue weighted by Crippen LogP contribution is -2.33. The van der Waals surface area contributed by atoms with Crippen LogP contribution in [0.5, 0.6) is 0 Å². The number of halogens is 2. The van der Waals surface area contributed by atoms with Crippen molar-refractivity contribution >= 4 is 27.3 Å². The van der Waals surface area contributed by atoms with Crippen molar-refractivity contribution in [3.63, 3.8) is 0 Å². The van der Waals surface area contributed by atoms with Crippen molar-refractivity contribution < 1.29 is 12.8 Å². The largest absolute Gasteiger partial charge is 0.264 e. The number of aryl methyl sites for hydroxylation is 1. The molecular formula is C21H19ClFNO2S. The third-order valence-corrected chi connectivity index (χ3v) is 6.58. The normalized spacial score (nSPS) is 12.6. The highest BCUT2D eigenvalue weighted by atomic mass is 35.5. The zero-order chi connectivity index (χ0) is 19.6. The Bertz CT molecular complexity index is 1040. The van der Waals surface area contributed by atoms with E-state index in [1.165, 1.54) is 34.6 Å². The fraction of sp³-hybridized carbons (Fsp3) is 0.143. The highest BCUT2D eigenvalue weighted by Crippen LogP contribution is 2.34. The summed E-state index contributed by atoms with van der Waals surface area (Å²) in [6.45, 7) is 3.42. The molecule has 0 heterocycles. The minimum atomic E-state index is -3.94. The van der Waals surface area contributed by atoms with Crippen molar-refractivity contribution in [1.29, 1.82) is 0 Å². The predicted molar refractivity (Wildman–Crippen MR) is 107 cm³/mol. The molecule has 3 nitrogen and oxygen atoms in total. The summed E-state index contributed by atoms with van der Waals surface area (Å²) >= 11 is 5.90. The summed E-state index contributed by atoms with van der Waals surface area (Å²) in [4.78, 5) is 0.0932. The first-order valence-corrected chi connectivity index (χ1v) is 10.2. The van der Waals surface area contributed by atoms with Crippen molar-refractivity contribution in [2.45, 2.75) is 24.8 Å². The Labute approximate surface area is 164 Å². The third-order valence-electron chi connectivity index (χ3n) is 4.41. The van der Waals surface area contributed by atoms with Gasteiger partial charge in [-0.2, -0.15) is 0 Å². The van der Waals surface area contributed by atoms with Gasteiger partial charge in [0.25, 0.3) is 10.0 Å². The number of rotatable bonds is 5. The van der Waals surface area contributed by atoms with Gasteiger partial charge >= 0.3 is 0 Å². The summed E-state index contributed by atoms with van der Waals surface area (Å²) in [5.74, 6) is -0.455. The number of hydrogen-bond acceptors (Lipinski definition) is 2. The van der Waals surface area contributed by atoms with Crippen LogP contribution in [-0.2, 0) is 10.0 Å². The van der Waals surface area contributed by atoms with E-state index in [9.17, 15) is 12.8 Å². The molecular weight excluding hydrogens is 385 g/mol. The highest BCUT2D eigenvalue weighted by Gasteiger charge is 2.30. The van der Waals surface area contributed by atoms with Crippen LogP contribution < -0.4 is 4.31 Å². The average Bonchev–Trinajstić information content (AvgIpc) is 2.65. The van der Waals surface area contributed by atoms with E-state index in [1.54, 1.807) is 26.0 Å². The van der Waals surface area contributed by atoms with Crippen LogP contribution in [0.1, 0.15) is 24.1 Å². The van der Waals surface area contributed by atoms with Gasteiger partial charge in [0, 0.05) is 5.02 Å². The van der Waals surface area contributed by atoms with Gasteiger partial charge in [-0.1, -0.05) is 48.0 Å². The molecule has 27 heavy (non-hydrogen) atoms. The lowest BCUT2D eigenvalue weighted by Gasteiger charge is -2.31. The van der Waals surface area contributed by atoms with Crippen LogP contribution in [0.4, 0.5) is 10.1 Å². The second-order valence-electron chi connectivity index (χ2n) is 6.27. The average molecular weight is 404 g/mol. The molecule has 0 aliphatic rings. The van der Waals surface area contributed by atoms with E-state index in [1.807, 2.05) is 30.3 Å². The molecule has 1 atom stereocenters. The number of sulfonamides is 1. The third kappa shape index (κ3) is 3.99. The molecule has 140 valence electrons. The molecule has 0 aliphatic heterocycles. The molecule has 0 spiro atoms. The first kappa shape index (κ1) is 19.4. The van der Waals surface area contributed by atoms with Crippen LogP contribution in [0.15, 0.2) is 77.7 Å². The Morgan fingerprint density at radius 1 is 0.963 bits per heavy atom. The van der Waals surface area contributed by atoms with Gasteiger partial charge in [-0.25, -0.2) is 12.8 Å². The zero-order valence-corrected chi connectivity index (χ0v) is 16.5. The molecule has 0 saturated carbocycles. The summed E-state index contributed by atoms with van der Waals surface area (Å²) < 4.78 is 42.3. The molecule has 0 aliphatic carbocycles. The SMILES string of the molecule is Cc1ccc(N([C@H](C)c2ccccc2)S(=O)(=O)c2ccc(Cl)cc2)cc1F. The highest BCUT2D eigenvalue weighted by molar-refractivity contribution is 7.92. The van der Waals surface area contributed by atoms with E-state index in [2.05, 4.69) is 0 Å². The van der Waals surface area contributed by atoms with Gasteiger partial charge in [-0.05, 0) is 61.4 Å². The Balaban J connectivity index is 2.17. The van der Waals surface area contributed by atoms with Gasteiger partial charge in [-0.3, -0.25) is 4.31 Å². The van der Waals surface area contributed by atoms with Crippen LogP contribution in [0.3, 0.4) is 0 Å². The number of anilines is 1. The Kier molecular flexibility index (Phi) is 5.53. The molecule has 0 saturated heterocycles. The van der Waals surface area contributed by atoms with Gasteiger partial charge in [0.1, 0.15) is 5.82 Å². The second-order valence-corrected chi connectivity index (χ2v) is 8.53. The van der Waals surface area contributed by atoms with E-state index in [4.69, 9.17) is 11.6 Å². The maximum atomic E-state index is 14.2. The lowest BCUT2D eigenvalue weighted by molar-refractivity contribution is 0.581. The van der Waals surface area contributed by atoms with E-state index >= 15 is 0 Å². The monoisotopic (exact) mass is 403 g/mol. The Morgan fingerprint density at radius 3 is 2.19 bits per heavy atom. The minimum absolute atomic E-state index is 0.0932. The van der Waals surface area contributed by atoms with Crippen molar-refractivity contribution in [3.05, 3.63) is 94.8 Å². The lowest BCUT2D eigenvalue weighted by atomic mass is 10.1. The van der Waals surface area contributed by atoms with Crippen molar-refractivity contribution in [2.24, 2.45) is 0 Å². The summed E-state index contributed by atoms with van der Waals surface area (Å²) in [6.07, 6.45) is 0. The van der Waals surface area contributed by atoms with Crippen LogP contribution in [0.2, 0.25) is 5.02 Å². The summed E-state index contributed by atoms with van der Waals surface area (Å²) in [5, 5.41) is 0.443. The van der Waals surface area contributed by atoms with Crippen molar-refractivity contribution in [3.8, 4) is 0 Å². The molecule has 3 rings (SSSR count). The van der Waals surface area contributed by atoms with Crippen molar-refractivity contribution in [1.82, 2.24) is 0 Å². The topological polar surface area (TPSA) is 37.4 Å². The van der Waals surface area contributed by atoms with E-state index < -0.39 is 21.9 Å². The van der Waals surface area contributed by atoms with Gasteiger partial charge in [0.05, 0.1) is 16.6 Å². The molecule has 6 heteroatoms. The Hall–Kier alpha value is -2.37. The maximum absolute atomic E-state index is 14.2. The summed E-state index contributed by atoms with van der Waals surface area (Å²) in [7, 11) is -3.94. The zero-order valence-electron chi connectivity index (χ0n) is 14.9. The van der Waals surface area contributed by atoms with E-state index in [-0.39, 0.29) is 10.6 Å². The molecule has 3 aromatic carbocycles. The Morgan fingerprint density at radius 2 is 1.59 bits per heavy atom. The summed E-state index contributed by atoms with van der Waals surface area (Å²) in [5.41, 5.74) is 1.52. The van der Waals surface area contributed by atoms with Gasteiger partial charge in [0.2, 0.25) is 0 Å². The van der Waals surface area contributed by atoms with E-state index in [0.29, 0.717) is 10.6 Å². The molecule has 0 bridgehead atoms. The number of hydrogen-bond donors (Lipinski definition) is 0. The number of benzene rings is 3. The minimum Gasteiger partial charge on any atom is -0.259 e. The van der Waals surface area contributed by atoms with Crippen molar-refractivity contribution in [2.75, 3.05) is 4.31 Å². The smallest absolute Gasteiger partial charge is 0.259 e. The van der Waals surface area contributed by atoms with Gasteiger partial charge < -0.3 is 0 Å². The summed E-state index contributed by atoms with van der Waals surface area (Å²) in [6, 6.07) is 19.1. The maximum Gasteiger partial charge on any atom is 0.264 e. The molecule has 0 aromatic heterocycles. The first-order valence-electron chi connectivity index (χ1n) is 8.42. The fourth-order valence-corrected chi connectivity index (χ4v) is 4.64. The molecule has 0 N–H and O–H groups in total. The predicted octanol–water partition coefficient (Wildman–Crippen LogP) is 5.74. The standard InChI is InChI=1S/C21H19ClFNO2S/c1-15-8-11-19(14-21(15)23)24(16(2)17-6-4-3-5-7-17)27(25,26)20-12-9-18(22)10-13-20/h3-14,16H,1-2H3/t16-/m1/s1. The fourth-order valence-electron chi connectivity index (χ4n) is 2.88. The first-order chi connectivity index (χ1) is 12.8. The van der Waals surface area contributed by atoms with Crippen LogP contribution >= 0.6 is 11.6 Å². The number of nitrogens with zero attached hydrogens (tertiary/aromatic N) is 1. The molecule has 0 unspecified atom stereocenters. The van der Waals surface area contributed by atoms with Crippen LogP contribution in [0.25, 0.3) is 0 Å². The second kappa shape index (κ2) is 7.71.